The molecule has 4 aromatic rings. The van der Waals surface area contributed by atoms with Gasteiger partial charge in [-0.25, -0.2) is 0 Å². The highest BCUT2D eigenvalue weighted by molar-refractivity contribution is 5.92. The number of rotatable bonds is 0. The van der Waals surface area contributed by atoms with Crippen molar-refractivity contribution in [2.45, 2.75) is 57.8 Å². The van der Waals surface area contributed by atoms with Gasteiger partial charge in [-0.3, -0.25) is 9.98 Å². The van der Waals surface area contributed by atoms with Gasteiger partial charge < -0.3 is 0 Å². The monoisotopic (exact) mass is 458 g/mol. The van der Waals surface area contributed by atoms with Gasteiger partial charge >= 0.3 is 0 Å². The van der Waals surface area contributed by atoms with E-state index in [0.29, 0.717) is 0 Å². The average Bonchev–Trinajstić information content (AvgIpc) is 2.85. The maximum absolute atomic E-state index is 4.98. The van der Waals surface area contributed by atoms with Crippen LogP contribution >= 0.6 is 0 Å². The molecule has 0 spiro atoms. The molecule has 0 aromatic heterocycles. The molecular formula is C33H34N2. The molecule has 0 fully saturated rings. The van der Waals surface area contributed by atoms with Crippen LogP contribution in [0.2, 0.25) is 0 Å². The molecule has 0 radical (unpaired) electrons. The fourth-order valence-electron chi connectivity index (χ4n) is 4.97. The van der Waals surface area contributed by atoms with Crippen LogP contribution in [0.3, 0.4) is 0 Å². The van der Waals surface area contributed by atoms with Gasteiger partial charge in [-0.05, 0) is 45.2 Å². The third-order valence-electron chi connectivity index (χ3n) is 7.54. The van der Waals surface area contributed by atoms with E-state index in [0.717, 1.165) is 11.4 Å². The van der Waals surface area contributed by atoms with Crippen molar-refractivity contribution in [2.24, 2.45) is 9.98 Å². The summed E-state index contributed by atoms with van der Waals surface area (Å²) in [5.41, 5.74) is 6.26. The van der Waals surface area contributed by atoms with Gasteiger partial charge in [0.2, 0.25) is 0 Å². The molecule has 0 aliphatic carbocycles. The quantitative estimate of drug-likeness (QED) is 0.251. The predicted molar refractivity (Wildman–Crippen MR) is 151 cm³/mol. The summed E-state index contributed by atoms with van der Waals surface area (Å²) in [6.07, 6.45) is 4.15. The van der Waals surface area contributed by atoms with Crippen LogP contribution < -0.4 is 0 Å². The lowest BCUT2D eigenvalue weighted by molar-refractivity contribution is 0.631. The highest BCUT2D eigenvalue weighted by Gasteiger charge is 2.29. The molecule has 0 unspecified atom stereocenters. The number of hydrogen-bond donors (Lipinski definition) is 0. The highest BCUT2D eigenvalue weighted by Crippen LogP contribution is 2.40. The highest BCUT2D eigenvalue weighted by atomic mass is 14.8. The average molecular weight is 459 g/mol. The van der Waals surface area contributed by atoms with E-state index in [4.69, 9.17) is 9.98 Å². The van der Waals surface area contributed by atoms with Crippen molar-refractivity contribution in [1.29, 1.82) is 0 Å². The van der Waals surface area contributed by atoms with Gasteiger partial charge in [-0.15, -0.1) is 0 Å². The second-order valence-corrected chi connectivity index (χ2v) is 11.4. The maximum Gasteiger partial charge on any atom is 0.0882 e. The zero-order valence-corrected chi connectivity index (χ0v) is 21.6. The second kappa shape index (κ2) is 8.30. The minimum absolute atomic E-state index is 0.168. The first-order valence-corrected chi connectivity index (χ1v) is 12.4. The summed E-state index contributed by atoms with van der Waals surface area (Å²) >= 11 is 0. The van der Waals surface area contributed by atoms with Crippen LogP contribution in [-0.4, -0.2) is 12.4 Å². The zero-order valence-electron chi connectivity index (χ0n) is 21.6. The molecule has 5 rings (SSSR count). The van der Waals surface area contributed by atoms with Crippen LogP contribution in [-0.2, 0) is 16.2 Å². The van der Waals surface area contributed by atoms with Gasteiger partial charge in [0.1, 0.15) is 0 Å². The normalized spacial score (nSPS) is 17.9. The van der Waals surface area contributed by atoms with Crippen molar-refractivity contribution in [3.05, 3.63) is 107 Å². The van der Waals surface area contributed by atoms with E-state index < -0.39 is 0 Å². The van der Waals surface area contributed by atoms with Crippen molar-refractivity contribution in [3.63, 3.8) is 0 Å². The number of hydrogen-bond acceptors (Lipinski definition) is 2. The van der Waals surface area contributed by atoms with Gasteiger partial charge in [-0.2, -0.15) is 0 Å². The molecule has 2 nitrogen and oxygen atoms in total. The van der Waals surface area contributed by atoms with Crippen molar-refractivity contribution >= 4 is 34.6 Å². The van der Waals surface area contributed by atoms with Gasteiger partial charge in [0.05, 0.1) is 11.4 Å². The first kappa shape index (κ1) is 23.2. The molecule has 1 aliphatic rings. The van der Waals surface area contributed by atoms with Crippen molar-refractivity contribution in [3.8, 4) is 0 Å². The first-order valence-electron chi connectivity index (χ1n) is 12.4. The summed E-state index contributed by atoms with van der Waals surface area (Å²) in [4.78, 5) is 9.91. The molecule has 1 heterocycles. The maximum atomic E-state index is 4.98. The van der Waals surface area contributed by atoms with Gasteiger partial charge in [-0.1, -0.05) is 114 Å². The standard InChI is InChI=1S/C33H34N2/c1-31(2)21-34-29-16-9-10-17-30(29)35-22-32(3,4)28-20-26(18-23-12-7-8-15-27(23)28)33(5,6)25-14-11-13-24(31)19-25/h7-22H,1-6H3. The zero-order chi connectivity index (χ0) is 24.8. The van der Waals surface area contributed by atoms with Crippen molar-refractivity contribution < 1.29 is 0 Å². The first-order chi connectivity index (χ1) is 16.6. The number of fused-ring (bicyclic) bond motifs is 7. The Balaban J connectivity index is 1.85. The Hall–Kier alpha value is -3.52. The molecule has 0 saturated carbocycles. The number of nitrogens with zero attached hydrogens (tertiary/aromatic N) is 2. The molecule has 4 aromatic carbocycles. The van der Waals surface area contributed by atoms with Crippen LogP contribution in [0, 0.1) is 0 Å². The van der Waals surface area contributed by atoms with Gasteiger partial charge in [0.15, 0.2) is 0 Å². The third kappa shape index (κ3) is 4.23. The van der Waals surface area contributed by atoms with E-state index in [1.54, 1.807) is 0 Å². The molecule has 0 saturated heterocycles. The van der Waals surface area contributed by atoms with Crippen LogP contribution in [0.5, 0.6) is 0 Å². The SMILES string of the molecule is CC1(C)C=Nc2ccccc2N=CC(C)(C)c2cc(cc3ccccc23)C(C)(C)c2cccc1c2. The summed E-state index contributed by atoms with van der Waals surface area (Å²) in [5.74, 6) is 0. The molecule has 0 N–H and O–H groups in total. The Kier molecular flexibility index (Phi) is 5.51. The molecule has 0 amide bonds. The minimum atomic E-state index is -0.274. The molecular weight excluding hydrogens is 424 g/mol. The Morgan fingerprint density at radius 3 is 1.83 bits per heavy atom. The van der Waals surface area contributed by atoms with Crippen molar-refractivity contribution in [1.82, 2.24) is 0 Å². The number of benzene rings is 4. The summed E-state index contributed by atoms with van der Waals surface area (Å²) in [6.45, 7) is 13.6. The minimum Gasteiger partial charge on any atom is -0.258 e. The Morgan fingerprint density at radius 2 is 1.11 bits per heavy atom. The number of para-hydroxylation sites is 2. The summed E-state index contributed by atoms with van der Waals surface area (Å²) in [5, 5.41) is 2.54. The fourth-order valence-corrected chi connectivity index (χ4v) is 4.97. The molecule has 4 bridgehead atoms. The van der Waals surface area contributed by atoms with Gasteiger partial charge in [0.25, 0.3) is 0 Å². The van der Waals surface area contributed by atoms with E-state index >= 15 is 0 Å². The lowest BCUT2D eigenvalue weighted by atomic mass is 9.72. The third-order valence-corrected chi connectivity index (χ3v) is 7.54. The molecule has 0 atom stereocenters. The Bertz CT molecular complexity index is 1470. The fraction of sp³-hybridized carbons (Fsp3) is 0.273. The lowest BCUT2D eigenvalue weighted by Gasteiger charge is -2.31. The largest absolute Gasteiger partial charge is 0.258 e. The topological polar surface area (TPSA) is 24.7 Å². The predicted octanol–water partition coefficient (Wildman–Crippen LogP) is 8.84. The van der Waals surface area contributed by atoms with E-state index in [-0.39, 0.29) is 16.2 Å². The van der Waals surface area contributed by atoms with E-state index in [1.807, 2.05) is 24.3 Å². The van der Waals surface area contributed by atoms with E-state index in [9.17, 15) is 0 Å². The van der Waals surface area contributed by atoms with E-state index in [2.05, 4.69) is 115 Å². The van der Waals surface area contributed by atoms with E-state index in [1.165, 1.54) is 33.0 Å². The molecule has 35 heavy (non-hydrogen) atoms. The lowest BCUT2D eigenvalue weighted by Crippen LogP contribution is -2.24. The Morgan fingerprint density at radius 1 is 0.514 bits per heavy atom. The smallest absolute Gasteiger partial charge is 0.0882 e. The molecule has 1 aliphatic heterocycles. The summed E-state index contributed by atoms with van der Waals surface area (Å²) in [6, 6.07) is 30.6. The van der Waals surface area contributed by atoms with Crippen molar-refractivity contribution in [2.75, 3.05) is 0 Å². The second-order valence-electron chi connectivity index (χ2n) is 11.4. The van der Waals surface area contributed by atoms with Crippen LogP contribution in [0.25, 0.3) is 10.8 Å². The summed E-state index contributed by atoms with van der Waals surface area (Å²) in [7, 11) is 0. The van der Waals surface area contributed by atoms with Crippen LogP contribution in [0.15, 0.2) is 94.9 Å². The summed E-state index contributed by atoms with van der Waals surface area (Å²) < 4.78 is 0. The Labute approximate surface area is 209 Å². The molecule has 176 valence electrons. The van der Waals surface area contributed by atoms with Crippen LogP contribution in [0.1, 0.15) is 63.8 Å². The van der Waals surface area contributed by atoms with Crippen LogP contribution in [0.4, 0.5) is 11.4 Å². The molecule has 2 heteroatoms. The number of aliphatic imine (C=N–C) groups is 2. The van der Waals surface area contributed by atoms with Gasteiger partial charge in [0, 0.05) is 28.7 Å².